The van der Waals surface area contributed by atoms with Gasteiger partial charge in [-0.05, 0) is 22.9 Å². The van der Waals surface area contributed by atoms with Crippen LogP contribution in [-0.2, 0) is 6.54 Å². The zero-order chi connectivity index (χ0) is 16.8. The summed E-state index contributed by atoms with van der Waals surface area (Å²) < 4.78 is 0. The van der Waals surface area contributed by atoms with Crippen LogP contribution in [0.2, 0.25) is 0 Å². The van der Waals surface area contributed by atoms with Gasteiger partial charge >= 0.3 is 0 Å². The van der Waals surface area contributed by atoms with E-state index in [1.54, 1.807) is 18.4 Å². The van der Waals surface area contributed by atoms with E-state index in [-0.39, 0.29) is 0 Å². The predicted molar refractivity (Wildman–Crippen MR) is 103 cm³/mol. The van der Waals surface area contributed by atoms with Crippen LogP contribution in [0.1, 0.15) is 23.4 Å². The lowest BCUT2D eigenvalue weighted by Gasteiger charge is -2.15. The maximum atomic E-state index is 4.51. The number of guanidine groups is 1. The number of hydrogen-bond acceptors (Lipinski definition) is 3. The fourth-order valence-electron chi connectivity index (χ4n) is 2.63. The van der Waals surface area contributed by atoms with Crippen molar-refractivity contribution in [2.75, 3.05) is 13.6 Å². The molecule has 5 heteroatoms. The Morgan fingerprint density at radius 1 is 1.17 bits per heavy atom. The fourth-order valence-corrected chi connectivity index (χ4v) is 3.42. The van der Waals surface area contributed by atoms with E-state index in [0.29, 0.717) is 12.5 Å². The second-order valence-electron chi connectivity index (χ2n) is 5.70. The van der Waals surface area contributed by atoms with Crippen molar-refractivity contribution in [2.45, 2.75) is 19.4 Å². The van der Waals surface area contributed by atoms with Crippen molar-refractivity contribution in [3.63, 3.8) is 0 Å². The maximum absolute atomic E-state index is 4.51. The Balaban J connectivity index is 1.60. The molecule has 1 atom stereocenters. The minimum atomic E-state index is 0.458. The lowest BCUT2D eigenvalue weighted by Crippen LogP contribution is -2.38. The molecule has 0 radical (unpaired) electrons. The van der Waals surface area contributed by atoms with Crippen molar-refractivity contribution in [1.29, 1.82) is 0 Å². The standard InChI is InChI=1S/C19H22N4S/c1-14(18-8-5-11-24-18)12-22-19(20-2)23-13-17-16-7-4-3-6-15(16)9-10-21-17/h3-11,14H,12-13H2,1-2H3,(H2,20,22,23). The summed E-state index contributed by atoms with van der Waals surface area (Å²) in [5.74, 6) is 1.26. The molecule has 0 bridgehead atoms. The van der Waals surface area contributed by atoms with Crippen LogP contribution in [0, 0.1) is 0 Å². The monoisotopic (exact) mass is 338 g/mol. The van der Waals surface area contributed by atoms with Gasteiger partial charge in [-0.1, -0.05) is 37.3 Å². The number of thiophene rings is 1. The van der Waals surface area contributed by atoms with Gasteiger partial charge in [0.1, 0.15) is 0 Å². The number of pyridine rings is 1. The van der Waals surface area contributed by atoms with Crippen molar-refractivity contribution in [3.05, 3.63) is 64.6 Å². The summed E-state index contributed by atoms with van der Waals surface area (Å²) in [4.78, 5) is 10.2. The third kappa shape index (κ3) is 3.92. The lowest BCUT2D eigenvalue weighted by molar-refractivity contribution is 0.706. The number of aromatic nitrogens is 1. The first-order valence-electron chi connectivity index (χ1n) is 8.08. The van der Waals surface area contributed by atoms with Gasteiger partial charge in [-0.3, -0.25) is 9.98 Å². The third-order valence-electron chi connectivity index (χ3n) is 4.01. The Bertz CT molecular complexity index is 806. The van der Waals surface area contributed by atoms with Crippen molar-refractivity contribution in [3.8, 4) is 0 Å². The molecular formula is C19H22N4S. The summed E-state index contributed by atoms with van der Waals surface area (Å²) in [5, 5.41) is 11.3. The number of nitrogens with zero attached hydrogens (tertiary/aromatic N) is 2. The zero-order valence-electron chi connectivity index (χ0n) is 14.0. The van der Waals surface area contributed by atoms with Gasteiger partial charge in [0.25, 0.3) is 0 Å². The molecule has 0 saturated heterocycles. The number of aliphatic imine (C=N–C) groups is 1. The van der Waals surface area contributed by atoms with Crippen LogP contribution in [0.3, 0.4) is 0 Å². The smallest absolute Gasteiger partial charge is 0.191 e. The number of rotatable bonds is 5. The highest BCUT2D eigenvalue weighted by Gasteiger charge is 2.08. The number of nitrogens with one attached hydrogen (secondary N) is 2. The summed E-state index contributed by atoms with van der Waals surface area (Å²) in [6, 6.07) is 14.6. The van der Waals surface area contributed by atoms with E-state index < -0.39 is 0 Å². The predicted octanol–water partition coefficient (Wildman–Crippen LogP) is 3.77. The van der Waals surface area contributed by atoms with Gasteiger partial charge in [0, 0.05) is 36.0 Å². The highest BCUT2D eigenvalue weighted by Crippen LogP contribution is 2.19. The van der Waals surface area contributed by atoms with Gasteiger partial charge in [-0.2, -0.15) is 0 Å². The minimum Gasteiger partial charge on any atom is -0.356 e. The van der Waals surface area contributed by atoms with Crippen LogP contribution >= 0.6 is 11.3 Å². The Hall–Kier alpha value is -2.40. The van der Waals surface area contributed by atoms with E-state index in [1.165, 1.54) is 15.6 Å². The van der Waals surface area contributed by atoms with Crippen molar-refractivity contribution >= 4 is 28.1 Å². The Morgan fingerprint density at radius 3 is 2.83 bits per heavy atom. The van der Waals surface area contributed by atoms with E-state index in [0.717, 1.165) is 18.2 Å². The summed E-state index contributed by atoms with van der Waals surface area (Å²) in [6.45, 7) is 3.72. The first-order valence-corrected chi connectivity index (χ1v) is 8.96. The highest BCUT2D eigenvalue weighted by molar-refractivity contribution is 7.10. The second kappa shape index (κ2) is 7.93. The molecule has 4 nitrogen and oxygen atoms in total. The molecule has 0 aliphatic carbocycles. The van der Waals surface area contributed by atoms with Crippen molar-refractivity contribution < 1.29 is 0 Å². The van der Waals surface area contributed by atoms with Gasteiger partial charge < -0.3 is 10.6 Å². The molecule has 124 valence electrons. The molecule has 0 fully saturated rings. The fraction of sp³-hybridized carbons (Fsp3) is 0.263. The van der Waals surface area contributed by atoms with Gasteiger partial charge in [0.15, 0.2) is 5.96 Å². The molecule has 2 N–H and O–H groups in total. The molecule has 1 unspecified atom stereocenters. The first-order chi connectivity index (χ1) is 11.8. The first kappa shape index (κ1) is 16.5. The second-order valence-corrected chi connectivity index (χ2v) is 6.68. The largest absolute Gasteiger partial charge is 0.356 e. The van der Waals surface area contributed by atoms with Gasteiger partial charge in [0.05, 0.1) is 12.2 Å². The quantitative estimate of drug-likeness (QED) is 0.550. The molecule has 1 aromatic carbocycles. The molecule has 0 aliphatic heterocycles. The highest BCUT2D eigenvalue weighted by atomic mass is 32.1. The average Bonchev–Trinajstić information content (AvgIpc) is 3.16. The van der Waals surface area contributed by atoms with Crippen LogP contribution in [-0.4, -0.2) is 24.5 Å². The van der Waals surface area contributed by atoms with Crippen LogP contribution in [0.5, 0.6) is 0 Å². The molecular weight excluding hydrogens is 316 g/mol. The van der Waals surface area contributed by atoms with Gasteiger partial charge in [-0.25, -0.2) is 0 Å². The summed E-state index contributed by atoms with van der Waals surface area (Å²) in [6.07, 6.45) is 1.86. The normalized spacial score (nSPS) is 13.0. The van der Waals surface area contributed by atoms with Gasteiger partial charge in [-0.15, -0.1) is 11.3 Å². The van der Waals surface area contributed by atoms with E-state index in [1.807, 2.05) is 24.4 Å². The van der Waals surface area contributed by atoms with Crippen LogP contribution in [0.4, 0.5) is 0 Å². The van der Waals surface area contributed by atoms with E-state index in [4.69, 9.17) is 0 Å². The SMILES string of the molecule is CN=C(NCc1nccc2ccccc12)NCC(C)c1cccs1. The molecule has 3 rings (SSSR count). The van der Waals surface area contributed by atoms with Gasteiger partial charge in [0.2, 0.25) is 0 Å². The molecule has 2 heterocycles. The third-order valence-corrected chi connectivity index (χ3v) is 5.11. The van der Waals surface area contributed by atoms with E-state index in [9.17, 15) is 0 Å². The minimum absolute atomic E-state index is 0.458. The van der Waals surface area contributed by atoms with Crippen LogP contribution in [0.15, 0.2) is 59.0 Å². The topological polar surface area (TPSA) is 49.3 Å². The van der Waals surface area contributed by atoms with E-state index in [2.05, 4.69) is 57.2 Å². The Morgan fingerprint density at radius 2 is 2.04 bits per heavy atom. The summed E-state index contributed by atoms with van der Waals surface area (Å²) in [7, 11) is 1.79. The lowest BCUT2D eigenvalue weighted by atomic mass is 10.1. The van der Waals surface area contributed by atoms with Crippen LogP contribution in [0.25, 0.3) is 10.8 Å². The molecule has 2 aromatic heterocycles. The molecule has 0 amide bonds. The van der Waals surface area contributed by atoms with E-state index >= 15 is 0 Å². The molecule has 0 spiro atoms. The van der Waals surface area contributed by atoms with Crippen molar-refractivity contribution in [1.82, 2.24) is 15.6 Å². The average molecular weight is 338 g/mol. The Labute approximate surface area is 146 Å². The molecule has 24 heavy (non-hydrogen) atoms. The summed E-state index contributed by atoms with van der Waals surface area (Å²) >= 11 is 1.79. The van der Waals surface area contributed by atoms with Crippen molar-refractivity contribution in [2.24, 2.45) is 4.99 Å². The van der Waals surface area contributed by atoms with Crippen LogP contribution < -0.4 is 10.6 Å². The summed E-state index contributed by atoms with van der Waals surface area (Å²) in [5.41, 5.74) is 1.03. The zero-order valence-corrected chi connectivity index (χ0v) is 14.8. The Kier molecular flexibility index (Phi) is 5.43. The molecule has 3 aromatic rings. The number of hydrogen-bond donors (Lipinski definition) is 2. The number of fused-ring (bicyclic) bond motifs is 1. The maximum Gasteiger partial charge on any atom is 0.191 e. The number of benzene rings is 1. The molecule has 0 saturated carbocycles. The molecule has 0 aliphatic rings.